The predicted molar refractivity (Wildman–Crippen MR) is 86.3 cm³/mol. The van der Waals surface area contributed by atoms with Crippen LogP contribution in [0.15, 0.2) is 84.0 Å². The summed E-state index contributed by atoms with van der Waals surface area (Å²) in [6.45, 7) is 0. The molecule has 0 aliphatic carbocycles. The molecule has 0 fully saturated rings. The van der Waals surface area contributed by atoms with Crippen LogP contribution < -0.4 is 5.43 Å². The minimum Gasteiger partial charge on any atom is -0.261 e. The lowest BCUT2D eigenvalue weighted by Crippen LogP contribution is -2.07. The molecule has 0 aliphatic rings. The molecule has 0 unspecified atom stereocenters. The second kappa shape index (κ2) is 6.63. The summed E-state index contributed by atoms with van der Waals surface area (Å²) in [4.78, 5) is 3.75. The average Bonchev–Trinajstić information content (AvgIpc) is 2.57. The molecule has 2 aromatic carbocycles. The summed E-state index contributed by atoms with van der Waals surface area (Å²) < 4.78 is 13.1. The zero-order valence-corrected chi connectivity index (χ0v) is 11.8. The van der Waals surface area contributed by atoms with Crippen molar-refractivity contribution in [2.45, 2.75) is 0 Å². The van der Waals surface area contributed by atoms with Crippen molar-refractivity contribution in [2.24, 2.45) is 5.10 Å². The zero-order valence-electron chi connectivity index (χ0n) is 11.8. The van der Waals surface area contributed by atoms with Crippen LogP contribution in [0.25, 0.3) is 0 Å². The predicted octanol–water partition coefficient (Wildman–Crippen LogP) is 4.09. The average molecular weight is 291 g/mol. The number of hydrogen-bond acceptors (Lipinski definition) is 3. The molecule has 1 N–H and O–H groups in total. The Labute approximate surface area is 128 Å². The van der Waals surface area contributed by atoms with Crippen LogP contribution >= 0.6 is 0 Å². The molecule has 3 nitrogen and oxygen atoms in total. The van der Waals surface area contributed by atoms with Gasteiger partial charge in [0.1, 0.15) is 5.82 Å². The van der Waals surface area contributed by atoms with E-state index in [4.69, 9.17) is 0 Å². The molecule has 3 aromatic rings. The third kappa shape index (κ3) is 3.35. The maximum Gasteiger partial charge on any atom is 0.214 e. The molecule has 0 amide bonds. The van der Waals surface area contributed by atoms with Gasteiger partial charge in [-0.25, -0.2) is 4.98 Å². The van der Waals surface area contributed by atoms with E-state index in [0.29, 0.717) is 5.82 Å². The van der Waals surface area contributed by atoms with Gasteiger partial charge in [-0.05, 0) is 12.1 Å². The Hall–Kier alpha value is -3.01. The van der Waals surface area contributed by atoms with Crippen LogP contribution in [0, 0.1) is 5.95 Å². The highest BCUT2D eigenvalue weighted by molar-refractivity contribution is 6.13. The second-order valence-corrected chi connectivity index (χ2v) is 4.65. The Morgan fingerprint density at radius 3 is 1.91 bits per heavy atom. The molecule has 0 spiro atoms. The fourth-order valence-electron chi connectivity index (χ4n) is 2.07. The number of anilines is 1. The van der Waals surface area contributed by atoms with Gasteiger partial charge in [0.25, 0.3) is 0 Å². The van der Waals surface area contributed by atoms with E-state index in [1.54, 1.807) is 12.1 Å². The van der Waals surface area contributed by atoms with Gasteiger partial charge in [0.2, 0.25) is 5.95 Å². The van der Waals surface area contributed by atoms with E-state index in [1.165, 1.54) is 6.07 Å². The van der Waals surface area contributed by atoms with Gasteiger partial charge in [-0.2, -0.15) is 9.49 Å². The molecule has 0 radical (unpaired) electrons. The lowest BCUT2D eigenvalue weighted by molar-refractivity contribution is 0.585. The summed E-state index contributed by atoms with van der Waals surface area (Å²) in [5, 5.41) is 4.41. The highest BCUT2D eigenvalue weighted by atomic mass is 19.1. The minimum absolute atomic E-state index is 0.365. The molecular formula is C18H14FN3. The van der Waals surface area contributed by atoms with Gasteiger partial charge in [0, 0.05) is 11.1 Å². The van der Waals surface area contributed by atoms with Crippen molar-refractivity contribution in [3.8, 4) is 0 Å². The third-order valence-electron chi connectivity index (χ3n) is 3.09. The first kappa shape index (κ1) is 13.9. The van der Waals surface area contributed by atoms with Crippen molar-refractivity contribution in [3.05, 3.63) is 95.9 Å². The molecule has 22 heavy (non-hydrogen) atoms. The van der Waals surface area contributed by atoms with Gasteiger partial charge < -0.3 is 0 Å². The van der Waals surface area contributed by atoms with Gasteiger partial charge in [0.15, 0.2) is 0 Å². The van der Waals surface area contributed by atoms with Gasteiger partial charge in [0.05, 0.1) is 5.71 Å². The maximum atomic E-state index is 13.1. The molecule has 0 saturated heterocycles. The van der Waals surface area contributed by atoms with Crippen LogP contribution in [0.1, 0.15) is 11.1 Å². The van der Waals surface area contributed by atoms with Crippen LogP contribution in [-0.2, 0) is 0 Å². The molecule has 0 atom stereocenters. The lowest BCUT2D eigenvalue weighted by atomic mass is 10.0. The quantitative estimate of drug-likeness (QED) is 0.446. The SMILES string of the molecule is Fc1cccc(NN=C(c2ccccc2)c2ccccc2)n1. The molecule has 1 heterocycles. The van der Waals surface area contributed by atoms with Crippen molar-refractivity contribution < 1.29 is 4.39 Å². The smallest absolute Gasteiger partial charge is 0.214 e. The Kier molecular flexibility index (Phi) is 4.20. The number of rotatable bonds is 4. The summed E-state index contributed by atoms with van der Waals surface area (Å²) >= 11 is 0. The van der Waals surface area contributed by atoms with Gasteiger partial charge in [-0.3, -0.25) is 5.43 Å². The molecule has 3 rings (SSSR count). The summed E-state index contributed by atoms with van der Waals surface area (Å²) in [5.74, 6) is -0.175. The van der Waals surface area contributed by atoms with Crippen molar-refractivity contribution in [1.82, 2.24) is 4.98 Å². The number of pyridine rings is 1. The normalized spacial score (nSPS) is 10.0. The fourth-order valence-corrected chi connectivity index (χ4v) is 2.07. The first-order chi connectivity index (χ1) is 10.8. The Morgan fingerprint density at radius 2 is 1.36 bits per heavy atom. The van der Waals surface area contributed by atoms with E-state index in [-0.39, 0.29) is 0 Å². The topological polar surface area (TPSA) is 37.3 Å². The Balaban J connectivity index is 1.97. The maximum absolute atomic E-state index is 13.1. The van der Waals surface area contributed by atoms with Crippen LogP contribution in [0.5, 0.6) is 0 Å². The van der Waals surface area contributed by atoms with E-state index >= 15 is 0 Å². The van der Waals surface area contributed by atoms with Crippen LogP contribution in [0.4, 0.5) is 10.2 Å². The largest absolute Gasteiger partial charge is 0.261 e. The van der Waals surface area contributed by atoms with Crippen molar-refractivity contribution in [2.75, 3.05) is 5.43 Å². The number of halogens is 1. The molecule has 108 valence electrons. The van der Waals surface area contributed by atoms with E-state index < -0.39 is 5.95 Å². The molecule has 0 saturated carbocycles. The van der Waals surface area contributed by atoms with E-state index in [2.05, 4.69) is 15.5 Å². The van der Waals surface area contributed by atoms with Crippen molar-refractivity contribution in [1.29, 1.82) is 0 Å². The number of nitrogens with zero attached hydrogens (tertiary/aromatic N) is 2. The molecule has 0 aliphatic heterocycles. The highest BCUT2D eigenvalue weighted by Gasteiger charge is 2.06. The van der Waals surface area contributed by atoms with E-state index in [9.17, 15) is 4.39 Å². The Morgan fingerprint density at radius 1 is 0.773 bits per heavy atom. The number of nitrogens with one attached hydrogen (secondary N) is 1. The van der Waals surface area contributed by atoms with Gasteiger partial charge in [-0.15, -0.1) is 0 Å². The summed E-state index contributed by atoms with van der Waals surface area (Å²) in [7, 11) is 0. The summed E-state index contributed by atoms with van der Waals surface area (Å²) in [6.07, 6.45) is 0. The van der Waals surface area contributed by atoms with Crippen molar-refractivity contribution in [3.63, 3.8) is 0 Å². The number of benzene rings is 2. The van der Waals surface area contributed by atoms with Crippen LogP contribution in [0.3, 0.4) is 0 Å². The van der Waals surface area contributed by atoms with E-state index in [1.807, 2.05) is 60.7 Å². The highest BCUT2D eigenvalue weighted by Crippen LogP contribution is 2.12. The first-order valence-electron chi connectivity index (χ1n) is 6.90. The second-order valence-electron chi connectivity index (χ2n) is 4.65. The molecule has 0 bridgehead atoms. The fraction of sp³-hybridized carbons (Fsp3) is 0. The van der Waals surface area contributed by atoms with Gasteiger partial charge >= 0.3 is 0 Å². The van der Waals surface area contributed by atoms with E-state index in [0.717, 1.165) is 16.8 Å². The van der Waals surface area contributed by atoms with Gasteiger partial charge in [-0.1, -0.05) is 66.7 Å². The monoisotopic (exact) mass is 291 g/mol. The minimum atomic E-state index is -0.541. The third-order valence-corrected chi connectivity index (χ3v) is 3.09. The first-order valence-corrected chi connectivity index (χ1v) is 6.90. The van der Waals surface area contributed by atoms with Crippen LogP contribution in [0.2, 0.25) is 0 Å². The number of hydrazone groups is 1. The van der Waals surface area contributed by atoms with Crippen LogP contribution in [-0.4, -0.2) is 10.7 Å². The zero-order chi connectivity index (χ0) is 15.2. The molecule has 4 heteroatoms. The lowest BCUT2D eigenvalue weighted by Gasteiger charge is -2.08. The molecular weight excluding hydrogens is 277 g/mol. The Bertz CT molecular complexity index is 729. The van der Waals surface area contributed by atoms with Crippen molar-refractivity contribution >= 4 is 11.5 Å². The number of hydrogen-bond donors (Lipinski definition) is 1. The standard InChI is InChI=1S/C18H14FN3/c19-16-12-7-13-17(20-16)21-22-18(14-8-3-1-4-9-14)15-10-5-2-6-11-15/h1-13H,(H,20,21). The molecule has 1 aromatic heterocycles. The summed E-state index contributed by atoms with van der Waals surface area (Å²) in [6, 6.07) is 24.2. The summed E-state index contributed by atoms with van der Waals surface area (Å²) in [5.41, 5.74) is 5.53. The number of aromatic nitrogens is 1.